The van der Waals surface area contributed by atoms with E-state index in [4.69, 9.17) is 14.6 Å². The van der Waals surface area contributed by atoms with Crippen molar-refractivity contribution < 1.29 is 29.0 Å². The quantitative estimate of drug-likeness (QED) is 0.572. The number of rotatable bonds is 9. The minimum absolute atomic E-state index is 0.00416. The summed E-state index contributed by atoms with van der Waals surface area (Å²) in [6.07, 6.45) is 1.25. The van der Waals surface area contributed by atoms with Crippen molar-refractivity contribution >= 4 is 17.8 Å². The molecule has 8 nitrogen and oxygen atoms in total. The lowest BCUT2D eigenvalue weighted by molar-refractivity contribution is -0.141. The summed E-state index contributed by atoms with van der Waals surface area (Å²) in [5, 5.41) is 19.8. The summed E-state index contributed by atoms with van der Waals surface area (Å²) < 4.78 is 5.03. The molecule has 0 aromatic carbocycles. The molecule has 0 spiro atoms. The van der Waals surface area contributed by atoms with E-state index in [1.807, 2.05) is 0 Å². The van der Waals surface area contributed by atoms with Gasteiger partial charge in [0.05, 0.1) is 32.3 Å². The second kappa shape index (κ2) is 7.95. The Morgan fingerprint density at radius 1 is 1.20 bits per heavy atom. The van der Waals surface area contributed by atoms with Gasteiger partial charge in [-0.2, -0.15) is 0 Å². The molecular formula is C12H16N2O6. The van der Waals surface area contributed by atoms with Crippen LogP contribution in [0.25, 0.3) is 0 Å². The fourth-order valence-electron chi connectivity index (χ4n) is 1.52. The molecule has 0 atom stereocenters. The molecule has 0 aliphatic carbocycles. The van der Waals surface area contributed by atoms with Crippen LogP contribution in [-0.4, -0.2) is 52.6 Å². The molecule has 0 unspecified atom stereocenters. The van der Waals surface area contributed by atoms with E-state index >= 15 is 0 Å². The van der Waals surface area contributed by atoms with E-state index < -0.39 is 17.8 Å². The van der Waals surface area contributed by atoms with Crippen LogP contribution in [0.2, 0.25) is 0 Å². The van der Waals surface area contributed by atoms with E-state index in [0.29, 0.717) is 5.76 Å². The number of carboxylic acids is 2. The van der Waals surface area contributed by atoms with Gasteiger partial charge in [-0.25, -0.2) is 0 Å². The van der Waals surface area contributed by atoms with Gasteiger partial charge in [-0.3, -0.25) is 19.3 Å². The summed E-state index contributed by atoms with van der Waals surface area (Å²) in [6.45, 7) is -0.372. The van der Waals surface area contributed by atoms with Crippen molar-refractivity contribution in [3.05, 3.63) is 24.2 Å². The molecule has 110 valence electrons. The van der Waals surface area contributed by atoms with Crippen LogP contribution in [0.15, 0.2) is 22.8 Å². The first-order valence-corrected chi connectivity index (χ1v) is 5.92. The van der Waals surface area contributed by atoms with Crippen molar-refractivity contribution in [3.63, 3.8) is 0 Å². The van der Waals surface area contributed by atoms with Crippen LogP contribution in [0, 0.1) is 0 Å². The van der Waals surface area contributed by atoms with Crippen molar-refractivity contribution in [2.45, 2.75) is 13.0 Å². The van der Waals surface area contributed by atoms with Gasteiger partial charge in [0.2, 0.25) is 5.91 Å². The first-order chi connectivity index (χ1) is 9.47. The fourth-order valence-corrected chi connectivity index (χ4v) is 1.52. The normalized spacial score (nSPS) is 10.4. The van der Waals surface area contributed by atoms with E-state index in [0.717, 1.165) is 0 Å². The number of amides is 1. The topological polar surface area (TPSA) is 120 Å². The largest absolute Gasteiger partial charge is 0.481 e. The average molecular weight is 284 g/mol. The Labute approximate surface area is 115 Å². The minimum atomic E-state index is -1.12. The molecule has 1 aromatic rings. The van der Waals surface area contributed by atoms with Crippen LogP contribution in [0.4, 0.5) is 0 Å². The summed E-state index contributed by atoms with van der Waals surface area (Å²) in [4.78, 5) is 34.0. The van der Waals surface area contributed by atoms with Crippen LogP contribution >= 0.6 is 0 Å². The number of nitrogens with one attached hydrogen (secondary N) is 1. The highest BCUT2D eigenvalue weighted by molar-refractivity contribution is 5.79. The third-order valence-electron chi connectivity index (χ3n) is 2.41. The molecule has 1 amide bonds. The predicted molar refractivity (Wildman–Crippen MR) is 66.9 cm³/mol. The van der Waals surface area contributed by atoms with Gasteiger partial charge >= 0.3 is 11.9 Å². The molecule has 1 rings (SSSR count). The van der Waals surface area contributed by atoms with Gasteiger partial charge in [0.25, 0.3) is 0 Å². The molecule has 0 aliphatic rings. The molecule has 0 saturated heterocycles. The summed E-state index contributed by atoms with van der Waals surface area (Å²) in [6, 6.07) is 3.38. The average Bonchev–Trinajstić information content (AvgIpc) is 2.86. The molecule has 20 heavy (non-hydrogen) atoms. The molecule has 1 aromatic heterocycles. The number of aliphatic carboxylic acids is 2. The smallest absolute Gasteiger partial charge is 0.317 e. The van der Waals surface area contributed by atoms with Gasteiger partial charge in [-0.05, 0) is 12.1 Å². The first kappa shape index (κ1) is 15.7. The van der Waals surface area contributed by atoms with Gasteiger partial charge in [-0.1, -0.05) is 0 Å². The number of carbonyl (C=O) groups is 3. The second-order valence-corrected chi connectivity index (χ2v) is 4.10. The molecule has 1 heterocycles. The summed E-state index contributed by atoms with van der Waals surface area (Å²) in [7, 11) is 0. The lowest BCUT2D eigenvalue weighted by Crippen LogP contribution is -2.40. The molecule has 0 bridgehead atoms. The molecule has 0 aliphatic heterocycles. The Kier molecular flexibility index (Phi) is 6.24. The maximum atomic E-state index is 11.6. The maximum Gasteiger partial charge on any atom is 0.317 e. The van der Waals surface area contributed by atoms with Crippen molar-refractivity contribution in [1.29, 1.82) is 0 Å². The van der Waals surface area contributed by atoms with E-state index in [9.17, 15) is 14.4 Å². The van der Waals surface area contributed by atoms with Gasteiger partial charge in [0.1, 0.15) is 5.76 Å². The Hall–Kier alpha value is -2.35. The number of hydrogen-bond acceptors (Lipinski definition) is 5. The zero-order valence-electron chi connectivity index (χ0n) is 10.7. The summed E-state index contributed by atoms with van der Waals surface area (Å²) >= 11 is 0. The van der Waals surface area contributed by atoms with E-state index in [-0.39, 0.29) is 32.6 Å². The highest BCUT2D eigenvalue weighted by Crippen LogP contribution is 1.99. The number of furan rings is 1. The van der Waals surface area contributed by atoms with Crippen LogP contribution in [-0.2, 0) is 20.9 Å². The Morgan fingerprint density at radius 2 is 1.95 bits per heavy atom. The third-order valence-corrected chi connectivity index (χ3v) is 2.41. The van der Waals surface area contributed by atoms with E-state index in [1.54, 1.807) is 12.1 Å². The SMILES string of the molecule is O=C(O)CCN(CC(=O)O)CC(=O)NCc1ccco1. The third kappa shape index (κ3) is 6.55. The van der Waals surface area contributed by atoms with Gasteiger partial charge < -0.3 is 19.9 Å². The van der Waals surface area contributed by atoms with Crippen LogP contribution < -0.4 is 5.32 Å². The lowest BCUT2D eigenvalue weighted by atomic mass is 10.3. The lowest BCUT2D eigenvalue weighted by Gasteiger charge is -2.18. The van der Waals surface area contributed by atoms with Crippen molar-refractivity contribution in [1.82, 2.24) is 10.2 Å². The molecule has 3 N–H and O–H groups in total. The highest BCUT2D eigenvalue weighted by Gasteiger charge is 2.15. The Balaban J connectivity index is 2.39. The zero-order valence-corrected chi connectivity index (χ0v) is 10.7. The fraction of sp³-hybridized carbons (Fsp3) is 0.417. The minimum Gasteiger partial charge on any atom is -0.481 e. The maximum absolute atomic E-state index is 11.6. The Bertz CT molecular complexity index is 457. The first-order valence-electron chi connectivity index (χ1n) is 5.92. The van der Waals surface area contributed by atoms with Crippen molar-refractivity contribution in [2.24, 2.45) is 0 Å². The molecule has 0 radical (unpaired) electrons. The summed E-state index contributed by atoms with van der Waals surface area (Å²) in [5.41, 5.74) is 0. The van der Waals surface area contributed by atoms with Crippen LogP contribution in [0.3, 0.4) is 0 Å². The number of nitrogens with zero attached hydrogens (tertiary/aromatic N) is 1. The van der Waals surface area contributed by atoms with Gasteiger partial charge in [-0.15, -0.1) is 0 Å². The molecular weight excluding hydrogens is 268 g/mol. The standard InChI is InChI=1S/C12H16N2O6/c15-10(13-6-9-2-1-5-20-9)7-14(8-12(18)19)4-3-11(16)17/h1-2,5H,3-4,6-8H2,(H,13,15)(H,16,17)(H,18,19). The highest BCUT2D eigenvalue weighted by atomic mass is 16.4. The second-order valence-electron chi connectivity index (χ2n) is 4.10. The number of carboxylic acid groups (broad SMARTS) is 2. The van der Waals surface area contributed by atoms with Gasteiger partial charge in [0, 0.05) is 6.54 Å². The van der Waals surface area contributed by atoms with E-state index in [1.165, 1.54) is 11.2 Å². The van der Waals surface area contributed by atoms with Crippen molar-refractivity contribution in [2.75, 3.05) is 19.6 Å². The molecule has 0 fully saturated rings. The zero-order chi connectivity index (χ0) is 15.0. The number of hydrogen-bond donors (Lipinski definition) is 3. The van der Waals surface area contributed by atoms with Gasteiger partial charge in [0.15, 0.2) is 0 Å². The number of carbonyl (C=O) groups excluding carboxylic acids is 1. The van der Waals surface area contributed by atoms with Crippen molar-refractivity contribution in [3.8, 4) is 0 Å². The predicted octanol–water partition coefficient (Wildman–Crippen LogP) is -0.243. The van der Waals surface area contributed by atoms with E-state index in [2.05, 4.69) is 5.32 Å². The monoisotopic (exact) mass is 284 g/mol. The Morgan fingerprint density at radius 3 is 2.50 bits per heavy atom. The molecule has 8 heteroatoms. The van der Waals surface area contributed by atoms with Crippen LogP contribution in [0.5, 0.6) is 0 Å². The molecule has 0 saturated carbocycles. The van der Waals surface area contributed by atoms with Crippen LogP contribution in [0.1, 0.15) is 12.2 Å². The summed E-state index contributed by atoms with van der Waals surface area (Å²) in [5.74, 6) is -1.98.